The highest BCUT2D eigenvalue weighted by Crippen LogP contribution is 2.25. The predicted octanol–water partition coefficient (Wildman–Crippen LogP) is 1.09. The van der Waals surface area contributed by atoms with E-state index in [0.29, 0.717) is 19.7 Å². The maximum absolute atomic E-state index is 12.6. The fourth-order valence-electron chi connectivity index (χ4n) is 2.41. The van der Waals surface area contributed by atoms with E-state index >= 15 is 0 Å². The summed E-state index contributed by atoms with van der Waals surface area (Å²) in [7, 11) is -3.73. The summed E-state index contributed by atoms with van der Waals surface area (Å²) in [5.74, 6) is -1.21. The van der Waals surface area contributed by atoms with Crippen molar-refractivity contribution in [2.24, 2.45) is 0 Å². The number of carboxylic acids is 1. The van der Waals surface area contributed by atoms with E-state index in [1.54, 1.807) is 4.90 Å². The second kappa shape index (κ2) is 8.26. The summed E-state index contributed by atoms with van der Waals surface area (Å²) in [4.78, 5) is 24.6. The fourth-order valence-corrected chi connectivity index (χ4v) is 5.14. The predicted molar refractivity (Wildman–Crippen MR) is 92.3 cm³/mol. The lowest BCUT2D eigenvalue weighted by Gasteiger charge is -2.33. The molecule has 0 spiro atoms. The molecule has 140 valence electrons. The zero-order valence-electron chi connectivity index (χ0n) is 14.2. The number of carboxylic acid groups (broad SMARTS) is 1. The maximum Gasteiger partial charge on any atom is 0.336 e. The number of sulfonamides is 1. The molecule has 0 bridgehead atoms. The van der Waals surface area contributed by atoms with Crippen LogP contribution in [0.15, 0.2) is 15.7 Å². The molecule has 0 atom stereocenters. The van der Waals surface area contributed by atoms with E-state index in [-0.39, 0.29) is 41.3 Å². The molecule has 8 nitrogen and oxygen atoms in total. The van der Waals surface area contributed by atoms with Crippen molar-refractivity contribution in [2.45, 2.75) is 30.6 Å². The number of hydrogen-bond donors (Lipinski definition) is 1. The number of carbonyl (C=O) groups excluding carboxylic acids is 1. The first-order valence-corrected chi connectivity index (χ1v) is 10.2. The number of aromatic carboxylic acids is 1. The van der Waals surface area contributed by atoms with Gasteiger partial charge in [-0.1, -0.05) is 0 Å². The van der Waals surface area contributed by atoms with Gasteiger partial charge in [0, 0.05) is 31.6 Å². The number of piperazine rings is 1. The summed E-state index contributed by atoms with van der Waals surface area (Å²) < 4.78 is 31.8. The van der Waals surface area contributed by atoms with Gasteiger partial charge in [0.05, 0.1) is 24.7 Å². The highest BCUT2D eigenvalue weighted by atomic mass is 32.2. The van der Waals surface area contributed by atoms with Gasteiger partial charge in [-0.2, -0.15) is 4.31 Å². The van der Waals surface area contributed by atoms with Gasteiger partial charge in [-0.05, 0) is 19.9 Å². The molecule has 2 heterocycles. The Morgan fingerprint density at radius 3 is 2.44 bits per heavy atom. The standard InChI is InChI=1S/C15H22N2O6S2/c1-11(2)23-8-3-13(18)16-4-6-17(7-5-16)25(21,22)14-9-12(10-24-14)15(19)20/h9-11H,3-8H2,1-2H3,(H,19,20). The van der Waals surface area contributed by atoms with Crippen molar-refractivity contribution in [3.8, 4) is 0 Å². The molecular weight excluding hydrogens is 368 g/mol. The van der Waals surface area contributed by atoms with E-state index in [1.165, 1.54) is 15.8 Å². The van der Waals surface area contributed by atoms with Crippen molar-refractivity contribution < 1.29 is 27.9 Å². The van der Waals surface area contributed by atoms with Crippen LogP contribution in [0.1, 0.15) is 30.6 Å². The molecule has 1 amide bonds. The van der Waals surface area contributed by atoms with Crippen LogP contribution in [0.2, 0.25) is 0 Å². The van der Waals surface area contributed by atoms with Crippen LogP contribution in [0.3, 0.4) is 0 Å². The lowest BCUT2D eigenvalue weighted by atomic mass is 10.3. The van der Waals surface area contributed by atoms with Gasteiger partial charge in [0.15, 0.2) is 0 Å². The summed E-state index contributed by atoms with van der Waals surface area (Å²) in [6.07, 6.45) is 0.342. The van der Waals surface area contributed by atoms with Crippen LogP contribution < -0.4 is 0 Å². The number of ether oxygens (including phenoxy) is 1. The molecule has 1 aliphatic rings. The molecule has 10 heteroatoms. The Hall–Kier alpha value is -1.49. The molecule has 1 N–H and O–H groups in total. The Labute approximate surface area is 151 Å². The van der Waals surface area contributed by atoms with Crippen molar-refractivity contribution in [1.82, 2.24) is 9.21 Å². The number of carbonyl (C=O) groups is 2. The molecule has 25 heavy (non-hydrogen) atoms. The van der Waals surface area contributed by atoms with Gasteiger partial charge in [0.2, 0.25) is 5.91 Å². The van der Waals surface area contributed by atoms with Gasteiger partial charge in [-0.25, -0.2) is 13.2 Å². The summed E-state index contributed by atoms with van der Waals surface area (Å²) in [5.41, 5.74) is -0.0393. The van der Waals surface area contributed by atoms with Gasteiger partial charge in [0.25, 0.3) is 10.0 Å². The van der Waals surface area contributed by atoms with Crippen molar-refractivity contribution in [2.75, 3.05) is 32.8 Å². The molecule has 0 aromatic carbocycles. The molecular formula is C15H22N2O6S2. The van der Waals surface area contributed by atoms with Crippen LogP contribution >= 0.6 is 11.3 Å². The number of hydrogen-bond acceptors (Lipinski definition) is 6. The Morgan fingerprint density at radius 2 is 1.92 bits per heavy atom. The van der Waals surface area contributed by atoms with Crippen LogP contribution in [0, 0.1) is 0 Å². The Morgan fingerprint density at radius 1 is 1.28 bits per heavy atom. The SMILES string of the molecule is CC(C)OCCC(=O)N1CCN(S(=O)(=O)c2cc(C(=O)O)cs2)CC1. The van der Waals surface area contributed by atoms with E-state index in [4.69, 9.17) is 9.84 Å². The average molecular weight is 390 g/mol. The summed E-state index contributed by atoms with van der Waals surface area (Å²) >= 11 is 0.892. The molecule has 1 saturated heterocycles. The van der Waals surface area contributed by atoms with Crippen molar-refractivity contribution >= 4 is 33.2 Å². The Balaban J connectivity index is 1.92. The maximum atomic E-state index is 12.6. The molecule has 1 aliphatic heterocycles. The first-order chi connectivity index (χ1) is 11.7. The summed E-state index contributed by atoms with van der Waals surface area (Å²) in [6.45, 7) is 5.16. The largest absolute Gasteiger partial charge is 0.478 e. The van der Waals surface area contributed by atoms with Gasteiger partial charge in [-0.15, -0.1) is 11.3 Å². The van der Waals surface area contributed by atoms with E-state index in [0.717, 1.165) is 11.3 Å². The topological polar surface area (TPSA) is 104 Å². The second-order valence-corrected chi connectivity index (χ2v) is 8.99. The molecule has 0 aliphatic carbocycles. The van der Waals surface area contributed by atoms with E-state index < -0.39 is 16.0 Å². The molecule has 1 fully saturated rings. The quantitative estimate of drug-likeness (QED) is 0.747. The third-order valence-corrected chi connectivity index (χ3v) is 7.09. The van der Waals surface area contributed by atoms with Gasteiger partial charge in [0.1, 0.15) is 4.21 Å². The lowest BCUT2D eigenvalue weighted by Crippen LogP contribution is -2.50. The zero-order valence-corrected chi connectivity index (χ0v) is 15.8. The Bertz CT molecular complexity index is 720. The Kier molecular flexibility index (Phi) is 6.55. The lowest BCUT2D eigenvalue weighted by molar-refractivity contribution is -0.133. The highest BCUT2D eigenvalue weighted by Gasteiger charge is 2.31. The second-order valence-electron chi connectivity index (χ2n) is 5.91. The minimum Gasteiger partial charge on any atom is -0.478 e. The van der Waals surface area contributed by atoms with Crippen LogP contribution in [-0.2, 0) is 19.6 Å². The molecule has 1 aromatic heterocycles. The van der Waals surface area contributed by atoms with Crippen molar-refractivity contribution in [3.05, 3.63) is 17.0 Å². The molecule has 1 aromatic rings. The van der Waals surface area contributed by atoms with Crippen LogP contribution in [-0.4, -0.2) is 73.5 Å². The van der Waals surface area contributed by atoms with Crippen molar-refractivity contribution in [3.63, 3.8) is 0 Å². The molecule has 0 radical (unpaired) electrons. The minimum absolute atomic E-state index is 0.00927. The fraction of sp³-hybridized carbons (Fsp3) is 0.600. The number of rotatable bonds is 7. The van der Waals surface area contributed by atoms with Crippen LogP contribution in [0.4, 0.5) is 0 Å². The van der Waals surface area contributed by atoms with Gasteiger partial charge >= 0.3 is 5.97 Å². The molecule has 2 rings (SSSR count). The summed E-state index contributed by atoms with van der Waals surface area (Å²) in [5, 5.41) is 10.2. The normalized spacial score (nSPS) is 16.4. The highest BCUT2D eigenvalue weighted by molar-refractivity contribution is 7.91. The monoisotopic (exact) mass is 390 g/mol. The third kappa shape index (κ3) is 5.00. The van der Waals surface area contributed by atoms with Crippen LogP contribution in [0.25, 0.3) is 0 Å². The number of amides is 1. The molecule has 0 unspecified atom stereocenters. The summed E-state index contributed by atoms with van der Waals surface area (Å²) in [6, 6.07) is 1.17. The van der Waals surface area contributed by atoms with E-state index in [2.05, 4.69) is 0 Å². The first-order valence-electron chi connectivity index (χ1n) is 7.93. The zero-order chi connectivity index (χ0) is 18.6. The van der Waals surface area contributed by atoms with E-state index in [9.17, 15) is 18.0 Å². The van der Waals surface area contributed by atoms with Crippen LogP contribution in [0.5, 0.6) is 0 Å². The van der Waals surface area contributed by atoms with Gasteiger partial charge in [-0.3, -0.25) is 4.79 Å². The van der Waals surface area contributed by atoms with Crippen molar-refractivity contribution in [1.29, 1.82) is 0 Å². The first kappa shape index (κ1) is 19.8. The minimum atomic E-state index is -3.73. The smallest absolute Gasteiger partial charge is 0.336 e. The van der Waals surface area contributed by atoms with Gasteiger partial charge < -0.3 is 14.7 Å². The third-order valence-electron chi connectivity index (χ3n) is 3.77. The van der Waals surface area contributed by atoms with E-state index in [1.807, 2.05) is 13.8 Å². The molecule has 0 saturated carbocycles. The average Bonchev–Trinajstić information content (AvgIpc) is 3.05. The number of nitrogens with zero attached hydrogens (tertiary/aromatic N) is 2. The number of thiophene rings is 1.